The van der Waals surface area contributed by atoms with Crippen molar-refractivity contribution in [3.8, 4) is 0 Å². The maximum Gasteiger partial charge on any atom is 0.261 e. The van der Waals surface area contributed by atoms with Crippen LogP contribution in [-0.4, -0.2) is 8.42 Å². The molecule has 0 saturated carbocycles. The molecule has 6 heteroatoms. The highest BCUT2D eigenvalue weighted by Crippen LogP contribution is 2.27. The number of hydrogen-bond acceptors (Lipinski definition) is 2. The Balaban J connectivity index is 2.24. The molecule has 0 aromatic heterocycles. The van der Waals surface area contributed by atoms with Gasteiger partial charge in [0.25, 0.3) is 10.0 Å². The third-order valence-electron chi connectivity index (χ3n) is 3.54. The first-order valence-electron chi connectivity index (χ1n) is 6.91. The van der Waals surface area contributed by atoms with Gasteiger partial charge < -0.3 is 0 Å². The summed E-state index contributed by atoms with van der Waals surface area (Å²) in [5.41, 5.74) is 1.50. The van der Waals surface area contributed by atoms with Crippen LogP contribution in [0.15, 0.2) is 47.4 Å². The van der Waals surface area contributed by atoms with Gasteiger partial charge in [0.15, 0.2) is 0 Å². The third-order valence-corrected chi connectivity index (χ3v) is 5.68. The lowest BCUT2D eigenvalue weighted by molar-refractivity contribution is 0.601. The molecule has 0 aliphatic heterocycles. The maximum atomic E-state index is 12.4. The van der Waals surface area contributed by atoms with Crippen LogP contribution in [0.2, 0.25) is 10.0 Å². The third kappa shape index (κ3) is 3.94. The Kier molecular flexibility index (Phi) is 5.37. The molecular weight excluding hydrogens is 341 g/mol. The Labute approximate surface area is 141 Å². The van der Waals surface area contributed by atoms with Crippen molar-refractivity contribution in [3.63, 3.8) is 0 Å². The molecule has 2 rings (SSSR count). The van der Waals surface area contributed by atoms with E-state index in [4.69, 9.17) is 23.2 Å². The van der Waals surface area contributed by atoms with E-state index in [-0.39, 0.29) is 4.90 Å². The van der Waals surface area contributed by atoms with E-state index in [9.17, 15) is 8.42 Å². The van der Waals surface area contributed by atoms with E-state index in [1.54, 1.807) is 24.3 Å². The van der Waals surface area contributed by atoms with E-state index < -0.39 is 10.0 Å². The molecule has 0 bridgehead atoms. The van der Waals surface area contributed by atoms with E-state index in [2.05, 4.69) is 18.6 Å². The van der Waals surface area contributed by atoms with Gasteiger partial charge in [-0.25, -0.2) is 8.42 Å². The number of halogens is 2. The van der Waals surface area contributed by atoms with Gasteiger partial charge >= 0.3 is 0 Å². The molecule has 0 heterocycles. The number of nitrogens with one attached hydrogen (secondary N) is 1. The normalized spacial score (nSPS) is 12.9. The number of anilines is 1. The Morgan fingerprint density at radius 2 is 1.68 bits per heavy atom. The fourth-order valence-electron chi connectivity index (χ4n) is 1.98. The van der Waals surface area contributed by atoms with E-state index in [1.807, 2.05) is 12.1 Å². The van der Waals surface area contributed by atoms with E-state index in [1.165, 1.54) is 6.07 Å². The fraction of sp³-hybridized carbons (Fsp3) is 0.250. The van der Waals surface area contributed by atoms with Crippen LogP contribution in [0.5, 0.6) is 0 Å². The zero-order valence-electron chi connectivity index (χ0n) is 12.3. The summed E-state index contributed by atoms with van der Waals surface area (Å²) in [6.45, 7) is 4.21. The van der Waals surface area contributed by atoms with Crippen molar-refractivity contribution in [1.82, 2.24) is 0 Å². The van der Waals surface area contributed by atoms with Crippen LogP contribution in [0.1, 0.15) is 31.7 Å². The monoisotopic (exact) mass is 357 g/mol. The summed E-state index contributed by atoms with van der Waals surface area (Å²) in [6, 6.07) is 11.5. The quantitative estimate of drug-likeness (QED) is 0.788. The Morgan fingerprint density at radius 3 is 2.23 bits per heavy atom. The molecule has 0 spiro atoms. The summed E-state index contributed by atoms with van der Waals surface area (Å²) in [4.78, 5) is 0.214. The average molecular weight is 358 g/mol. The molecule has 1 N–H and O–H groups in total. The second-order valence-corrected chi connectivity index (χ2v) is 7.61. The van der Waals surface area contributed by atoms with Crippen molar-refractivity contribution >= 4 is 38.9 Å². The first kappa shape index (κ1) is 17.1. The fourth-order valence-corrected chi connectivity index (χ4v) is 3.33. The molecule has 0 aliphatic rings. The zero-order valence-corrected chi connectivity index (χ0v) is 14.6. The van der Waals surface area contributed by atoms with E-state index >= 15 is 0 Å². The first-order valence-corrected chi connectivity index (χ1v) is 9.15. The van der Waals surface area contributed by atoms with Gasteiger partial charge in [0.05, 0.1) is 20.6 Å². The van der Waals surface area contributed by atoms with Crippen LogP contribution < -0.4 is 4.72 Å². The molecule has 2 aromatic carbocycles. The Bertz CT molecular complexity index is 758. The minimum Gasteiger partial charge on any atom is -0.280 e. The molecule has 1 unspecified atom stereocenters. The van der Waals surface area contributed by atoms with Crippen molar-refractivity contribution in [2.24, 2.45) is 0 Å². The number of hydrogen-bond donors (Lipinski definition) is 1. The molecule has 0 radical (unpaired) electrons. The lowest BCUT2D eigenvalue weighted by Crippen LogP contribution is -2.13. The van der Waals surface area contributed by atoms with E-state index in [0.717, 1.165) is 12.0 Å². The SMILES string of the molecule is CCC(C)c1ccc(S(=O)(=O)Nc2ccc(Cl)c(Cl)c2)cc1. The van der Waals surface area contributed by atoms with Crippen LogP contribution in [-0.2, 0) is 10.0 Å². The topological polar surface area (TPSA) is 46.2 Å². The Hall–Kier alpha value is -1.23. The van der Waals surface area contributed by atoms with Gasteiger partial charge in [0.2, 0.25) is 0 Å². The summed E-state index contributed by atoms with van der Waals surface area (Å²) >= 11 is 11.7. The molecule has 0 aliphatic carbocycles. The molecule has 1 atom stereocenters. The van der Waals surface area contributed by atoms with Crippen LogP contribution in [0.4, 0.5) is 5.69 Å². The molecule has 0 fully saturated rings. The molecule has 0 amide bonds. The minimum absolute atomic E-state index is 0.214. The summed E-state index contributed by atoms with van der Waals surface area (Å²) in [5.74, 6) is 0.403. The van der Waals surface area contributed by atoms with Crippen molar-refractivity contribution < 1.29 is 8.42 Å². The molecule has 3 nitrogen and oxygen atoms in total. The zero-order chi connectivity index (χ0) is 16.3. The molecule has 0 saturated heterocycles. The molecule has 22 heavy (non-hydrogen) atoms. The van der Waals surface area contributed by atoms with Gasteiger partial charge in [0.1, 0.15) is 0 Å². The minimum atomic E-state index is -3.64. The van der Waals surface area contributed by atoms with Crippen molar-refractivity contribution in [3.05, 3.63) is 58.1 Å². The first-order chi connectivity index (χ1) is 10.3. The van der Waals surface area contributed by atoms with Crippen molar-refractivity contribution in [1.29, 1.82) is 0 Å². The van der Waals surface area contributed by atoms with Gasteiger partial charge in [-0.15, -0.1) is 0 Å². The Morgan fingerprint density at radius 1 is 1.05 bits per heavy atom. The highest BCUT2D eigenvalue weighted by atomic mass is 35.5. The summed E-state index contributed by atoms with van der Waals surface area (Å²) in [7, 11) is -3.64. The van der Waals surface area contributed by atoms with Gasteiger partial charge in [-0.1, -0.05) is 49.2 Å². The van der Waals surface area contributed by atoms with Crippen LogP contribution in [0.25, 0.3) is 0 Å². The van der Waals surface area contributed by atoms with Gasteiger partial charge in [-0.2, -0.15) is 0 Å². The van der Waals surface area contributed by atoms with E-state index in [0.29, 0.717) is 21.7 Å². The standard InChI is InChI=1S/C16H17Cl2NO2S/c1-3-11(2)12-4-7-14(8-5-12)22(20,21)19-13-6-9-15(17)16(18)10-13/h4-11,19H,3H2,1-2H3. The summed E-state index contributed by atoms with van der Waals surface area (Å²) in [6.07, 6.45) is 1.01. The number of rotatable bonds is 5. The smallest absolute Gasteiger partial charge is 0.261 e. The second-order valence-electron chi connectivity index (χ2n) is 5.11. The largest absolute Gasteiger partial charge is 0.280 e. The van der Waals surface area contributed by atoms with Crippen molar-refractivity contribution in [2.75, 3.05) is 4.72 Å². The predicted molar refractivity (Wildman–Crippen MR) is 92.4 cm³/mol. The van der Waals surface area contributed by atoms with Crippen LogP contribution in [0.3, 0.4) is 0 Å². The van der Waals surface area contributed by atoms with Gasteiger partial charge in [-0.3, -0.25) is 4.72 Å². The number of sulfonamides is 1. The predicted octanol–water partition coefficient (Wildman–Crippen LogP) is 5.31. The highest BCUT2D eigenvalue weighted by molar-refractivity contribution is 7.92. The number of benzene rings is 2. The molecule has 118 valence electrons. The van der Waals surface area contributed by atoms with Crippen LogP contribution in [0, 0.1) is 0 Å². The lowest BCUT2D eigenvalue weighted by Gasteiger charge is -2.11. The highest BCUT2D eigenvalue weighted by Gasteiger charge is 2.15. The van der Waals surface area contributed by atoms with Gasteiger partial charge in [0, 0.05) is 0 Å². The maximum absolute atomic E-state index is 12.4. The second kappa shape index (κ2) is 6.90. The van der Waals surface area contributed by atoms with Crippen LogP contribution >= 0.6 is 23.2 Å². The molecule has 2 aromatic rings. The lowest BCUT2D eigenvalue weighted by atomic mass is 9.99. The summed E-state index contributed by atoms with van der Waals surface area (Å²) in [5, 5.41) is 0.677. The van der Waals surface area contributed by atoms with Gasteiger partial charge in [-0.05, 0) is 48.2 Å². The molecular formula is C16H17Cl2NO2S. The average Bonchev–Trinajstić information content (AvgIpc) is 2.50. The summed E-state index contributed by atoms with van der Waals surface area (Å²) < 4.78 is 27.2. The van der Waals surface area contributed by atoms with Crippen molar-refractivity contribution in [2.45, 2.75) is 31.1 Å².